The van der Waals surface area contributed by atoms with E-state index in [4.69, 9.17) is 11.6 Å². The van der Waals surface area contributed by atoms with Crippen LogP contribution in [-0.2, 0) is 23.1 Å². The van der Waals surface area contributed by atoms with Gasteiger partial charge in [-0.1, -0.05) is 11.6 Å². The predicted octanol–water partition coefficient (Wildman–Crippen LogP) is 3.11. The molecule has 0 atom stereocenters. The molecule has 0 saturated heterocycles. The van der Waals surface area contributed by atoms with Crippen LogP contribution in [0.5, 0.6) is 0 Å². The van der Waals surface area contributed by atoms with Crippen LogP contribution in [0, 0.1) is 0 Å². The molecule has 0 fully saturated rings. The van der Waals surface area contributed by atoms with Gasteiger partial charge in [-0.3, -0.25) is 0 Å². The van der Waals surface area contributed by atoms with Gasteiger partial charge in [0.2, 0.25) is 0 Å². The highest BCUT2D eigenvalue weighted by Crippen LogP contribution is 2.35. The number of alkyl halides is 3. The highest BCUT2D eigenvalue weighted by atomic mass is 35.5. The van der Waals surface area contributed by atoms with E-state index in [-0.39, 0.29) is 27.0 Å². The number of rotatable bonds is 2. The molecule has 3 heterocycles. The summed E-state index contributed by atoms with van der Waals surface area (Å²) in [5.41, 5.74) is -0.759. The maximum Gasteiger partial charge on any atom is 0.433 e. The molecule has 0 N–H and O–H groups in total. The Bertz CT molecular complexity index is 1090. The summed E-state index contributed by atoms with van der Waals surface area (Å²) in [5, 5.41) is -0.236. The maximum atomic E-state index is 12.8. The molecule has 11 heteroatoms. The molecule has 0 aliphatic heterocycles. The highest BCUT2D eigenvalue weighted by molar-refractivity contribution is 7.90. The summed E-state index contributed by atoms with van der Waals surface area (Å²) in [5.74, 6) is 0.0784. The molecule has 0 aliphatic carbocycles. The summed E-state index contributed by atoms with van der Waals surface area (Å²) in [6.45, 7) is 0. The van der Waals surface area contributed by atoms with Crippen molar-refractivity contribution in [1.82, 2.24) is 19.5 Å². The van der Waals surface area contributed by atoms with Crippen LogP contribution < -0.4 is 0 Å². The number of hydrogen-bond donors (Lipinski definition) is 0. The van der Waals surface area contributed by atoms with E-state index in [0.717, 1.165) is 18.5 Å². The number of nitrogens with zero attached hydrogens (tertiary/aromatic N) is 4. The third kappa shape index (κ3) is 3.07. The average Bonchev–Trinajstić information content (AvgIpc) is 2.81. The number of sulfone groups is 1. The first-order chi connectivity index (χ1) is 11.5. The lowest BCUT2D eigenvalue weighted by molar-refractivity contribution is -0.141. The number of halogens is 4. The van der Waals surface area contributed by atoms with Crippen molar-refractivity contribution in [2.45, 2.75) is 11.2 Å². The highest BCUT2D eigenvalue weighted by Gasteiger charge is 2.33. The fourth-order valence-electron chi connectivity index (χ4n) is 2.37. The Labute approximate surface area is 145 Å². The molecule has 3 aromatic heterocycles. The van der Waals surface area contributed by atoms with Gasteiger partial charge in [0.1, 0.15) is 11.5 Å². The molecule has 0 radical (unpaired) electrons. The van der Waals surface area contributed by atoms with Crippen molar-refractivity contribution in [3.63, 3.8) is 0 Å². The third-order valence-corrected chi connectivity index (χ3v) is 4.82. The van der Waals surface area contributed by atoms with Crippen molar-refractivity contribution in [2.24, 2.45) is 7.05 Å². The number of imidazole rings is 1. The zero-order valence-electron chi connectivity index (χ0n) is 12.8. The van der Waals surface area contributed by atoms with Gasteiger partial charge in [0.25, 0.3) is 0 Å². The van der Waals surface area contributed by atoms with Crippen LogP contribution >= 0.6 is 11.6 Å². The zero-order chi connectivity index (χ0) is 18.6. The Balaban J connectivity index is 2.33. The van der Waals surface area contributed by atoms with Crippen LogP contribution in [0.2, 0.25) is 5.02 Å². The molecule has 0 saturated carbocycles. The lowest BCUT2D eigenvalue weighted by atomic mass is 10.2. The minimum atomic E-state index is -4.62. The van der Waals surface area contributed by atoms with E-state index in [2.05, 4.69) is 15.0 Å². The van der Waals surface area contributed by atoms with E-state index in [1.54, 1.807) is 0 Å². The molecule has 0 unspecified atom stereocenters. The minimum absolute atomic E-state index is 0.0131. The van der Waals surface area contributed by atoms with Crippen LogP contribution in [0.25, 0.3) is 22.4 Å². The number of aromatic nitrogens is 4. The molecule has 0 spiro atoms. The van der Waals surface area contributed by atoms with Gasteiger partial charge in [-0.15, -0.1) is 0 Å². The van der Waals surface area contributed by atoms with Crippen molar-refractivity contribution in [3.8, 4) is 11.4 Å². The molecule has 25 heavy (non-hydrogen) atoms. The Hall–Kier alpha value is -2.20. The molecule has 0 amide bonds. The van der Waals surface area contributed by atoms with Crippen LogP contribution in [0.4, 0.5) is 13.2 Å². The standard InChI is InChI=1S/C14H10ClF3N4O2S/c1-22-9-6-20-10(14(16,17)18)5-8(9)21-12(22)11-7(15)3-4-19-13(11)25(2,23)24/h3-6H,1-2H3. The molecule has 0 aliphatic rings. The second kappa shape index (κ2) is 5.67. The molecular formula is C14H10ClF3N4O2S. The topological polar surface area (TPSA) is 77.7 Å². The van der Waals surface area contributed by atoms with Crippen LogP contribution in [0.3, 0.4) is 0 Å². The zero-order valence-corrected chi connectivity index (χ0v) is 14.4. The van der Waals surface area contributed by atoms with E-state index >= 15 is 0 Å². The van der Waals surface area contributed by atoms with Gasteiger partial charge in [0, 0.05) is 19.5 Å². The molecule has 3 rings (SSSR count). The molecule has 0 aromatic carbocycles. The van der Waals surface area contributed by atoms with E-state index in [1.165, 1.54) is 23.9 Å². The first-order valence-corrected chi connectivity index (χ1v) is 9.01. The molecule has 6 nitrogen and oxygen atoms in total. The largest absolute Gasteiger partial charge is 0.433 e. The summed E-state index contributed by atoms with van der Waals surface area (Å²) in [6, 6.07) is 2.17. The molecular weight excluding hydrogens is 381 g/mol. The fraction of sp³-hybridized carbons (Fsp3) is 0.214. The van der Waals surface area contributed by atoms with E-state index < -0.39 is 21.7 Å². The third-order valence-electron chi connectivity index (χ3n) is 3.50. The summed E-state index contributed by atoms with van der Waals surface area (Å²) in [7, 11) is -2.21. The predicted molar refractivity (Wildman–Crippen MR) is 84.9 cm³/mol. The van der Waals surface area contributed by atoms with Gasteiger partial charge in [0.05, 0.1) is 27.8 Å². The lowest BCUT2D eigenvalue weighted by Gasteiger charge is -2.09. The first-order valence-electron chi connectivity index (χ1n) is 6.74. The normalized spacial score (nSPS) is 12.7. The van der Waals surface area contributed by atoms with Crippen molar-refractivity contribution in [3.05, 3.63) is 35.2 Å². The monoisotopic (exact) mass is 390 g/mol. The van der Waals surface area contributed by atoms with Crippen molar-refractivity contribution in [1.29, 1.82) is 0 Å². The van der Waals surface area contributed by atoms with Crippen LogP contribution in [0.1, 0.15) is 5.69 Å². The van der Waals surface area contributed by atoms with Gasteiger partial charge in [0.15, 0.2) is 14.9 Å². The number of aryl methyl sites for hydroxylation is 1. The number of fused-ring (bicyclic) bond motifs is 1. The van der Waals surface area contributed by atoms with Gasteiger partial charge in [-0.25, -0.2) is 23.4 Å². The molecule has 3 aromatic rings. The van der Waals surface area contributed by atoms with E-state index in [0.29, 0.717) is 5.52 Å². The number of hydrogen-bond acceptors (Lipinski definition) is 5. The van der Waals surface area contributed by atoms with Gasteiger partial charge < -0.3 is 4.57 Å². The quantitative estimate of drug-likeness (QED) is 0.672. The summed E-state index contributed by atoms with van der Waals surface area (Å²) < 4.78 is 63.8. The lowest BCUT2D eigenvalue weighted by Crippen LogP contribution is -2.07. The Morgan fingerprint density at radius 2 is 1.92 bits per heavy atom. The second-order valence-corrected chi connectivity index (χ2v) is 7.63. The summed E-state index contributed by atoms with van der Waals surface area (Å²) in [6.07, 6.45) is -1.40. The minimum Gasteiger partial charge on any atom is -0.326 e. The summed E-state index contributed by atoms with van der Waals surface area (Å²) >= 11 is 6.12. The first kappa shape index (κ1) is 17.6. The van der Waals surface area contributed by atoms with Gasteiger partial charge >= 0.3 is 6.18 Å². The van der Waals surface area contributed by atoms with Crippen molar-refractivity contribution in [2.75, 3.05) is 6.26 Å². The van der Waals surface area contributed by atoms with Crippen LogP contribution in [0.15, 0.2) is 29.6 Å². The molecule has 132 valence electrons. The Kier molecular flexibility index (Phi) is 3.99. The Morgan fingerprint density at radius 3 is 2.52 bits per heavy atom. The van der Waals surface area contributed by atoms with E-state index in [9.17, 15) is 21.6 Å². The maximum absolute atomic E-state index is 12.8. The smallest absolute Gasteiger partial charge is 0.326 e. The van der Waals surface area contributed by atoms with Gasteiger partial charge in [-0.2, -0.15) is 13.2 Å². The molecule has 0 bridgehead atoms. The second-order valence-electron chi connectivity index (χ2n) is 5.30. The van der Waals surface area contributed by atoms with Crippen molar-refractivity contribution >= 4 is 32.5 Å². The van der Waals surface area contributed by atoms with Crippen LogP contribution in [-0.4, -0.2) is 34.2 Å². The fourth-order valence-corrected chi connectivity index (χ4v) is 3.48. The van der Waals surface area contributed by atoms with Crippen molar-refractivity contribution < 1.29 is 21.6 Å². The van der Waals surface area contributed by atoms with E-state index in [1.807, 2.05) is 0 Å². The summed E-state index contributed by atoms with van der Waals surface area (Å²) in [4.78, 5) is 11.3. The average molecular weight is 391 g/mol. The number of pyridine rings is 2. The van der Waals surface area contributed by atoms with Gasteiger partial charge in [-0.05, 0) is 12.1 Å². The Morgan fingerprint density at radius 1 is 1.24 bits per heavy atom. The SMILES string of the molecule is Cn1c(-c2c(Cl)ccnc2S(C)(=O)=O)nc2cc(C(F)(F)F)ncc21.